The summed E-state index contributed by atoms with van der Waals surface area (Å²) in [6, 6.07) is 33.1. The molecule has 4 aromatic carbocycles. The van der Waals surface area contributed by atoms with Crippen molar-refractivity contribution in [2.45, 2.75) is 0 Å². The van der Waals surface area contributed by atoms with E-state index in [-0.39, 0.29) is 5.56 Å². The topological polar surface area (TPSA) is 78.0 Å². The minimum atomic E-state index is -0.126. The van der Waals surface area contributed by atoms with Crippen LogP contribution in [0.4, 0.5) is 0 Å². The van der Waals surface area contributed by atoms with Gasteiger partial charge >= 0.3 is 0 Å². The second-order valence-electron chi connectivity index (χ2n) is 8.87. The first-order valence-corrected chi connectivity index (χ1v) is 11.9. The Labute approximate surface area is 211 Å². The number of benzene rings is 4. The van der Waals surface area contributed by atoms with Crippen LogP contribution in [0.25, 0.3) is 61.9 Å². The highest BCUT2D eigenvalue weighted by Crippen LogP contribution is 2.27. The number of aryl methyl sites for hydroxylation is 1. The van der Waals surface area contributed by atoms with Crippen LogP contribution in [-0.4, -0.2) is 28.9 Å². The number of fused-ring (bicyclic) bond motifs is 4. The van der Waals surface area contributed by atoms with E-state index in [1.165, 1.54) is 0 Å². The van der Waals surface area contributed by atoms with Crippen LogP contribution < -0.4 is 5.56 Å². The maximum Gasteiger partial charge on any atom is 0.267 e. The molecule has 37 heavy (non-hydrogen) atoms. The van der Waals surface area contributed by atoms with Gasteiger partial charge in [0.05, 0.1) is 21.9 Å². The van der Waals surface area contributed by atoms with E-state index in [0.717, 1.165) is 33.2 Å². The van der Waals surface area contributed by atoms with Gasteiger partial charge in [0.15, 0.2) is 17.5 Å². The average molecular weight is 481 g/mol. The average Bonchev–Trinajstić information content (AvgIpc) is 3.37. The Balaban J connectivity index is 1.49. The van der Waals surface area contributed by atoms with Gasteiger partial charge in [-0.05, 0) is 30.3 Å². The second kappa shape index (κ2) is 8.20. The molecule has 0 saturated heterocycles. The molecule has 3 heterocycles. The smallest absolute Gasteiger partial charge is 0.267 e. The van der Waals surface area contributed by atoms with Crippen molar-refractivity contribution in [3.05, 3.63) is 113 Å². The second-order valence-corrected chi connectivity index (χ2v) is 8.87. The molecule has 0 unspecified atom stereocenters. The van der Waals surface area contributed by atoms with E-state index < -0.39 is 0 Å². The molecule has 7 heteroatoms. The third-order valence-corrected chi connectivity index (χ3v) is 6.59. The van der Waals surface area contributed by atoms with Crippen molar-refractivity contribution in [2.75, 3.05) is 0 Å². The number of aromatic nitrogens is 6. The lowest BCUT2D eigenvalue weighted by Gasteiger charge is -2.11. The first-order chi connectivity index (χ1) is 18.2. The zero-order valence-corrected chi connectivity index (χ0v) is 19.9. The highest BCUT2D eigenvalue weighted by atomic mass is 16.1. The summed E-state index contributed by atoms with van der Waals surface area (Å²) in [5, 5.41) is 0.568. The van der Waals surface area contributed by atoms with Crippen molar-refractivity contribution >= 4 is 27.7 Å². The zero-order valence-electron chi connectivity index (χ0n) is 19.9. The van der Waals surface area contributed by atoms with Crippen LogP contribution in [0.2, 0.25) is 0 Å². The van der Waals surface area contributed by atoms with Crippen molar-refractivity contribution in [3.63, 3.8) is 0 Å². The maximum atomic E-state index is 13.7. The monoisotopic (exact) mass is 480 g/mol. The van der Waals surface area contributed by atoms with E-state index in [9.17, 15) is 4.79 Å². The van der Waals surface area contributed by atoms with Crippen molar-refractivity contribution in [1.29, 1.82) is 0 Å². The van der Waals surface area contributed by atoms with Crippen LogP contribution in [0, 0.1) is 0 Å². The molecule has 7 rings (SSSR count). The summed E-state index contributed by atoms with van der Waals surface area (Å²) < 4.78 is 3.61. The quantitative estimate of drug-likeness (QED) is 0.333. The molecule has 0 aliphatic rings. The molecule has 0 bridgehead atoms. The first-order valence-electron chi connectivity index (χ1n) is 11.9. The molecule has 7 nitrogen and oxygen atoms in total. The highest BCUT2D eigenvalue weighted by molar-refractivity contribution is 5.88. The van der Waals surface area contributed by atoms with E-state index >= 15 is 0 Å². The Morgan fingerprint density at radius 1 is 0.568 bits per heavy atom. The van der Waals surface area contributed by atoms with Gasteiger partial charge in [-0.1, -0.05) is 72.8 Å². The first kappa shape index (κ1) is 21.1. The van der Waals surface area contributed by atoms with Gasteiger partial charge in [0.25, 0.3) is 5.56 Å². The fraction of sp³-hybridized carbons (Fsp3) is 0.0333. The molecule has 0 N–H and O–H groups in total. The van der Waals surface area contributed by atoms with Crippen LogP contribution in [0.1, 0.15) is 0 Å². The molecular formula is C30H20N6O. The Bertz CT molecular complexity index is 1950. The Morgan fingerprint density at radius 2 is 1.14 bits per heavy atom. The molecule has 0 fully saturated rings. The summed E-state index contributed by atoms with van der Waals surface area (Å²) in [4.78, 5) is 32.8. The summed E-state index contributed by atoms with van der Waals surface area (Å²) in [5.74, 6) is 2.26. The molecule has 0 amide bonds. The zero-order chi connectivity index (χ0) is 24.9. The van der Waals surface area contributed by atoms with Gasteiger partial charge in [0.1, 0.15) is 0 Å². The van der Waals surface area contributed by atoms with Gasteiger partial charge in [0, 0.05) is 23.7 Å². The Hall–Kier alpha value is -5.17. The highest BCUT2D eigenvalue weighted by Gasteiger charge is 2.17. The summed E-state index contributed by atoms with van der Waals surface area (Å²) in [6.45, 7) is 0. The minimum absolute atomic E-state index is 0.126. The molecule has 0 saturated carbocycles. The summed E-state index contributed by atoms with van der Waals surface area (Å²) in [5.41, 5.74) is 4.76. The Kier molecular flexibility index (Phi) is 4.69. The normalized spacial score (nSPS) is 11.5. The fourth-order valence-corrected chi connectivity index (χ4v) is 4.74. The van der Waals surface area contributed by atoms with E-state index in [1.54, 1.807) is 4.40 Å². The Morgan fingerprint density at radius 3 is 1.78 bits per heavy atom. The standard InChI is InChI=1S/C30H20N6O/c1-35-24-17-16-21(18-22(24)29(37)36-25-15-9-8-14-23(25)31-30(35)36)28-33-26(19-10-4-2-5-11-19)32-27(34-28)20-12-6-3-7-13-20/h2-18H,1H3. The van der Waals surface area contributed by atoms with Crippen LogP contribution in [-0.2, 0) is 7.05 Å². The number of rotatable bonds is 3. The summed E-state index contributed by atoms with van der Waals surface area (Å²) in [6.07, 6.45) is 0. The van der Waals surface area contributed by atoms with Gasteiger partial charge < -0.3 is 4.57 Å². The lowest BCUT2D eigenvalue weighted by Crippen LogP contribution is -2.17. The van der Waals surface area contributed by atoms with Crippen LogP contribution in [0.3, 0.4) is 0 Å². The van der Waals surface area contributed by atoms with E-state index in [1.807, 2.05) is 115 Å². The molecule has 0 atom stereocenters. The lowest BCUT2D eigenvalue weighted by atomic mass is 10.1. The lowest BCUT2D eigenvalue weighted by molar-refractivity contribution is 0.921. The molecule has 0 radical (unpaired) electrons. The van der Waals surface area contributed by atoms with Gasteiger partial charge in [-0.3, -0.25) is 4.79 Å². The van der Waals surface area contributed by atoms with Crippen LogP contribution >= 0.6 is 0 Å². The number of nitrogens with zero attached hydrogens (tertiary/aromatic N) is 6. The minimum Gasteiger partial charge on any atom is -0.314 e. The molecule has 0 aliphatic carbocycles. The number of imidazole rings is 1. The molecule has 7 aromatic rings. The molecule has 176 valence electrons. The number of hydrogen-bond acceptors (Lipinski definition) is 5. The van der Waals surface area contributed by atoms with Gasteiger partial charge in [0.2, 0.25) is 5.78 Å². The molecule has 0 spiro atoms. The van der Waals surface area contributed by atoms with Gasteiger partial charge in [-0.25, -0.2) is 24.3 Å². The van der Waals surface area contributed by atoms with Crippen molar-refractivity contribution in [1.82, 2.24) is 28.9 Å². The largest absolute Gasteiger partial charge is 0.314 e. The molecular weight excluding hydrogens is 460 g/mol. The fourth-order valence-electron chi connectivity index (χ4n) is 4.74. The molecule has 3 aromatic heterocycles. The molecule has 0 aliphatic heterocycles. The van der Waals surface area contributed by atoms with E-state index in [0.29, 0.717) is 28.6 Å². The number of hydrogen-bond donors (Lipinski definition) is 0. The van der Waals surface area contributed by atoms with E-state index in [2.05, 4.69) is 4.98 Å². The van der Waals surface area contributed by atoms with Crippen LogP contribution in [0.5, 0.6) is 0 Å². The third-order valence-electron chi connectivity index (χ3n) is 6.59. The predicted octanol–water partition coefficient (Wildman–Crippen LogP) is 5.53. The predicted molar refractivity (Wildman–Crippen MR) is 145 cm³/mol. The van der Waals surface area contributed by atoms with Crippen molar-refractivity contribution in [2.24, 2.45) is 7.05 Å². The number of para-hydroxylation sites is 2. The summed E-state index contributed by atoms with van der Waals surface area (Å²) in [7, 11) is 1.92. The van der Waals surface area contributed by atoms with Gasteiger partial charge in [-0.15, -0.1) is 0 Å². The van der Waals surface area contributed by atoms with Crippen molar-refractivity contribution in [3.8, 4) is 34.2 Å². The van der Waals surface area contributed by atoms with Gasteiger partial charge in [-0.2, -0.15) is 0 Å². The summed E-state index contributed by atoms with van der Waals surface area (Å²) >= 11 is 0. The van der Waals surface area contributed by atoms with Crippen LogP contribution in [0.15, 0.2) is 108 Å². The SMILES string of the molecule is Cn1c2ccc(-c3nc(-c4ccccc4)nc(-c4ccccc4)n3)cc2c(=O)n2c3ccccc3nc12. The third kappa shape index (κ3) is 3.40. The van der Waals surface area contributed by atoms with E-state index in [4.69, 9.17) is 15.0 Å². The van der Waals surface area contributed by atoms with Crippen molar-refractivity contribution < 1.29 is 0 Å². The maximum absolute atomic E-state index is 13.7.